The molecule has 8 aliphatic carbocycles. The molecule has 1 saturated heterocycles. The van der Waals surface area contributed by atoms with Crippen molar-refractivity contribution in [3.05, 3.63) is 12.2 Å². The highest BCUT2D eigenvalue weighted by molar-refractivity contribution is 5.84. The number of carbonyl (C=O) groups excluding carboxylic acids is 1. The molecule has 8 bridgehead atoms. The van der Waals surface area contributed by atoms with Gasteiger partial charge in [0.15, 0.2) is 6.29 Å². The first-order valence-electron chi connectivity index (χ1n) is 10.3. The summed E-state index contributed by atoms with van der Waals surface area (Å²) in [5, 5.41) is 11.4. The highest BCUT2D eigenvalue weighted by Crippen LogP contribution is 2.98. The Balaban J connectivity index is 1.48. The fraction of sp³-hybridized carbons (Fsp3) is 0.857. The van der Waals surface area contributed by atoms with Crippen LogP contribution in [0.4, 0.5) is 0 Å². The molecular formula is C21H24O4. The fourth-order valence-electron chi connectivity index (χ4n) is 11.6. The number of aliphatic hydroxyl groups excluding tert-OH is 1. The number of rotatable bonds is 1. The summed E-state index contributed by atoms with van der Waals surface area (Å²) >= 11 is 0. The summed E-state index contributed by atoms with van der Waals surface area (Å²) in [5.74, 6) is 5.55. The lowest BCUT2D eigenvalue weighted by molar-refractivity contribution is -0.325. The van der Waals surface area contributed by atoms with E-state index in [1.165, 1.54) is 6.42 Å². The maximum atomic E-state index is 13.5. The summed E-state index contributed by atoms with van der Waals surface area (Å²) in [6.07, 6.45) is 7.61. The first-order chi connectivity index (χ1) is 12.2. The van der Waals surface area contributed by atoms with Gasteiger partial charge in [0.05, 0.1) is 18.6 Å². The Labute approximate surface area is 146 Å². The average molecular weight is 340 g/mol. The molecule has 0 aromatic heterocycles. The van der Waals surface area contributed by atoms with Gasteiger partial charge < -0.3 is 14.6 Å². The van der Waals surface area contributed by atoms with Gasteiger partial charge in [-0.25, -0.2) is 0 Å². The van der Waals surface area contributed by atoms with Gasteiger partial charge in [0, 0.05) is 5.41 Å². The lowest BCUT2D eigenvalue weighted by Crippen LogP contribution is -2.69. The molecule has 0 aromatic rings. The normalized spacial score (nSPS) is 73.7. The fourth-order valence-corrected chi connectivity index (χ4v) is 11.6. The molecule has 0 radical (unpaired) electrons. The van der Waals surface area contributed by atoms with Crippen molar-refractivity contribution in [1.82, 2.24) is 0 Å². The molecule has 4 nitrogen and oxygen atoms in total. The molecule has 9 aliphatic rings. The number of aliphatic hydroxyl groups is 1. The minimum absolute atomic E-state index is 0.00907. The highest BCUT2D eigenvalue weighted by atomic mass is 16.6. The summed E-state index contributed by atoms with van der Waals surface area (Å²) < 4.78 is 11.8. The molecule has 1 aliphatic heterocycles. The van der Waals surface area contributed by atoms with E-state index in [0.717, 1.165) is 12.8 Å². The van der Waals surface area contributed by atoms with Crippen molar-refractivity contribution in [2.45, 2.75) is 31.7 Å². The number of ether oxygens (including phenoxy) is 2. The van der Waals surface area contributed by atoms with Gasteiger partial charge in [0.1, 0.15) is 0 Å². The van der Waals surface area contributed by atoms with E-state index >= 15 is 0 Å². The van der Waals surface area contributed by atoms with Crippen molar-refractivity contribution >= 4 is 5.97 Å². The molecule has 7 saturated carbocycles. The Morgan fingerprint density at radius 3 is 2.80 bits per heavy atom. The van der Waals surface area contributed by atoms with Crippen LogP contribution < -0.4 is 0 Å². The van der Waals surface area contributed by atoms with Crippen molar-refractivity contribution < 1.29 is 19.4 Å². The average Bonchev–Trinajstić information content (AvgIpc) is 3.36. The van der Waals surface area contributed by atoms with Crippen LogP contribution in [0, 0.1) is 70.0 Å². The predicted octanol–water partition coefficient (Wildman–Crippen LogP) is 1.83. The second kappa shape index (κ2) is 3.47. The topological polar surface area (TPSA) is 55.8 Å². The van der Waals surface area contributed by atoms with E-state index in [4.69, 9.17) is 9.47 Å². The molecule has 8 fully saturated rings. The van der Waals surface area contributed by atoms with Gasteiger partial charge in [-0.05, 0) is 78.4 Å². The molecule has 14 atom stereocenters. The number of hydrogen-bond donors (Lipinski definition) is 1. The van der Waals surface area contributed by atoms with Crippen LogP contribution in [-0.2, 0) is 14.3 Å². The number of fused-ring (bicyclic) bond motifs is 1. The standard InChI is InChI=1S/C21H24O4/c1-24-18(22)20-14-7-3-2-4-8(7)15-12(14)13-16(20)9-5-6-10-11(9)17(13)21(15,20)19(23)25-10/h2-3,7-17,19,23H,4-6H2,1H3/t7-,8+,9-,10-,11-,12-,13-,14+,15+,16-,17-,19-,20+,21-/m1/s1. The van der Waals surface area contributed by atoms with Crippen molar-refractivity contribution in [3.8, 4) is 0 Å². The third-order valence-electron chi connectivity index (χ3n) is 10.9. The van der Waals surface area contributed by atoms with E-state index in [1.54, 1.807) is 7.11 Å². The molecule has 0 aromatic carbocycles. The molecule has 4 heteroatoms. The smallest absolute Gasteiger partial charge is 0.313 e. The number of allylic oxidation sites excluding steroid dienone is 2. The first kappa shape index (κ1) is 13.3. The second-order valence-corrected chi connectivity index (χ2v) is 10.3. The third-order valence-corrected chi connectivity index (χ3v) is 10.9. The Morgan fingerprint density at radius 2 is 1.96 bits per heavy atom. The molecule has 25 heavy (non-hydrogen) atoms. The summed E-state index contributed by atoms with van der Waals surface area (Å²) in [6, 6.07) is 0. The molecule has 1 spiro atoms. The summed E-state index contributed by atoms with van der Waals surface area (Å²) in [7, 11) is 1.56. The zero-order chi connectivity index (χ0) is 16.5. The Kier molecular flexibility index (Phi) is 1.85. The Bertz CT molecular complexity index is 772. The van der Waals surface area contributed by atoms with Gasteiger partial charge in [0.25, 0.3) is 0 Å². The molecule has 1 N–H and O–H groups in total. The molecular weight excluding hydrogens is 316 g/mol. The van der Waals surface area contributed by atoms with E-state index in [9.17, 15) is 9.90 Å². The van der Waals surface area contributed by atoms with Crippen LogP contribution >= 0.6 is 0 Å². The minimum atomic E-state index is -0.758. The van der Waals surface area contributed by atoms with Crippen LogP contribution in [0.25, 0.3) is 0 Å². The van der Waals surface area contributed by atoms with E-state index in [-0.39, 0.29) is 17.5 Å². The van der Waals surface area contributed by atoms with Crippen LogP contribution in [0.1, 0.15) is 19.3 Å². The number of esters is 1. The van der Waals surface area contributed by atoms with E-state index < -0.39 is 11.7 Å². The SMILES string of the molecule is COC(=O)[C@]12[C@@H]3[C@@H]4CC[C@H]5O[C@@H](O)[C@@]16[C@@H]([C@@H]3[C@@H]1[C@@H]2[C@@H]2C=CC[C@@H]2[C@@H]16)[C@H]45. The van der Waals surface area contributed by atoms with E-state index in [2.05, 4.69) is 12.2 Å². The zero-order valence-electron chi connectivity index (χ0n) is 14.4. The quantitative estimate of drug-likeness (QED) is 0.584. The number of hydrogen-bond acceptors (Lipinski definition) is 4. The lowest BCUT2D eigenvalue weighted by Gasteiger charge is -2.63. The largest absolute Gasteiger partial charge is 0.469 e. The van der Waals surface area contributed by atoms with Gasteiger partial charge in [-0.3, -0.25) is 4.79 Å². The van der Waals surface area contributed by atoms with Crippen molar-refractivity contribution in [3.63, 3.8) is 0 Å². The molecule has 0 unspecified atom stereocenters. The summed E-state index contributed by atoms with van der Waals surface area (Å²) in [6.45, 7) is 0. The zero-order valence-corrected chi connectivity index (χ0v) is 14.4. The van der Waals surface area contributed by atoms with Crippen LogP contribution in [0.2, 0.25) is 0 Å². The van der Waals surface area contributed by atoms with Crippen LogP contribution in [0.5, 0.6) is 0 Å². The van der Waals surface area contributed by atoms with Crippen LogP contribution in [-0.4, -0.2) is 30.6 Å². The van der Waals surface area contributed by atoms with Crippen LogP contribution in [0.15, 0.2) is 12.2 Å². The van der Waals surface area contributed by atoms with Crippen molar-refractivity contribution in [2.24, 2.45) is 70.0 Å². The molecule has 9 rings (SSSR count). The van der Waals surface area contributed by atoms with Gasteiger partial charge in [-0.2, -0.15) is 0 Å². The first-order valence-corrected chi connectivity index (χ1v) is 10.3. The van der Waals surface area contributed by atoms with Gasteiger partial charge >= 0.3 is 5.97 Å². The molecule has 132 valence electrons. The van der Waals surface area contributed by atoms with E-state index in [0.29, 0.717) is 59.2 Å². The van der Waals surface area contributed by atoms with Crippen molar-refractivity contribution in [1.29, 1.82) is 0 Å². The van der Waals surface area contributed by atoms with Gasteiger partial charge in [-0.1, -0.05) is 12.2 Å². The highest BCUT2D eigenvalue weighted by Gasteiger charge is 3.01. The van der Waals surface area contributed by atoms with Crippen molar-refractivity contribution in [2.75, 3.05) is 7.11 Å². The number of methoxy groups -OCH3 is 1. The molecule has 0 amide bonds. The molecule has 1 heterocycles. The van der Waals surface area contributed by atoms with Gasteiger partial charge in [0.2, 0.25) is 0 Å². The maximum Gasteiger partial charge on any atom is 0.313 e. The monoisotopic (exact) mass is 340 g/mol. The Hall–Kier alpha value is -0.870. The van der Waals surface area contributed by atoms with Gasteiger partial charge in [-0.15, -0.1) is 0 Å². The number of carbonyl (C=O) groups is 1. The third kappa shape index (κ3) is 0.867. The minimum Gasteiger partial charge on any atom is -0.469 e. The Morgan fingerprint density at radius 1 is 1.12 bits per heavy atom. The summed E-state index contributed by atoms with van der Waals surface area (Å²) in [5.41, 5.74) is -0.794. The van der Waals surface area contributed by atoms with Crippen LogP contribution in [0.3, 0.4) is 0 Å². The summed E-state index contributed by atoms with van der Waals surface area (Å²) in [4.78, 5) is 13.5. The second-order valence-electron chi connectivity index (χ2n) is 10.3. The van der Waals surface area contributed by atoms with E-state index in [1.807, 2.05) is 0 Å². The maximum absolute atomic E-state index is 13.5. The predicted molar refractivity (Wildman–Crippen MR) is 85.7 cm³/mol. The lowest BCUT2D eigenvalue weighted by atomic mass is 9.42.